The maximum atomic E-state index is 9.01. The number of ether oxygens (including phenoxy) is 4. The average Bonchev–Trinajstić information content (AvgIpc) is 2.39. The molecule has 0 bridgehead atoms. The lowest BCUT2D eigenvalue weighted by molar-refractivity contribution is -0.00493. The Bertz CT molecular complexity index is 164. The molecule has 0 fully saturated rings. The quantitative estimate of drug-likeness (QED) is 0.461. The lowest BCUT2D eigenvalue weighted by atomic mass is 10.3. The zero-order chi connectivity index (χ0) is 14.2. The van der Waals surface area contributed by atoms with E-state index in [0.29, 0.717) is 52.7 Å². The van der Waals surface area contributed by atoms with Gasteiger partial charge in [0.1, 0.15) is 0 Å². The lowest BCUT2D eigenvalue weighted by Gasteiger charge is -2.08. The molecule has 0 radical (unpaired) electrons. The maximum absolute atomic E-state index is 9.01. The number of unbranched alkanes of at least 4 members (excludes halogenated alkanes) is 1. The van der Waals surface area contributed by atoms with Crippen molar-refractivity contribution in [3.63, 3.8) is 0 Å². The molecular weight excluding hydrogens is 248 g/mol. The van der Waals surface area contributed by atoms with Crippen LogP contribution in [0.1, 0.15) is 33.1 Å². The highest BCUT2D eigenvalue weighted by Gasteiger charge is 1.95. The van der Waals surface area contributed by atoms with Gasteiger partial charge in [0, 0.05) is 13.2 Å². The molecule has 1 atom stereocenters. The molecule has 0 saturated heterocycles. The third-order valence-electron chi connectivity index (χ3n) is 2.44. The molecule has 1 N–H and O–H groups in total. The molecule has 5 nitrogen and oxygen atoms in total. The van der Waals surface area contributed by atoms with E-state index >= 15 is 0 Å². The van der Waals surface area contributed by atoms with E-state index < -0.39 is 0 Å². The van der Waals surface area contributed by atoms with Gasteiger partial charge in [0.2, 0.25) is 0 Å². The fourth-order valence-electron chi connectivity index (χ4n) is 1.26. The zero-order valence-electron chi connectivity index (χ0n) is 12.4. The maximum Gasteiger partial charge on any atom is 0.0701 e. The Morgan fingerprint density at radius 1 is 0.737 bits per heavy atom. The van der Waals surface area contributed by atoms with Crippen LogP contribution in [0.15, 0.2) is 0 Å². The van der Waals surface area contributed by atoms with Crippen LogP contribution < -0.4 is 0 Å². The fraction of sp³-hybridized carbons (Fsp3) is 1.00. The van der Waals surface area contributed by atoms with E-state index in [1.807, 2.05) is 0 Å². The molecule has 19 heavy (non-hydrogen) atoms. The molecule has 0 spiro atoms. The van der Waals surface area contributed by atoms with Crippen LogP contribution >= 0.6 is 0 Å². The van der Waals surface area contributed by atoms with Crippen molar-refractivity contribution in [2.24, 2.45) is 0 Å². The first kappa shape index (κ1) is 18.8. The van der Waals surface area contributed by atoms with E-state index in [-0.39, 0.29) is 6.10 Å². The normalized spacial score (nSPS) is 12.8. The van der Waals surface area contributed by atoms with Gasteiger partial charge in [-0.05, 0) is 19.8 Å². The Morgan fingerprint density at radius 2 is 1.16 bits per heavy atom. The van der Waals surface area contributed by atoms with Crippen LogP contribution in [0.4, 0.5) is 0 Å². The second-order valence-electron chi connectivity index (χ2n) is 4.44. The fourth-order valence-corrected chi connectivity index (χ4v) is 1.26. The Kier molecular flexibility index (Phi) is 15.7. The summed E-state index contributed by atoms with van der Waals surface area (Å²) in [5, 5.41) is 9.01. The summed E-state index contributed by atoms with van der Waals surface area (Å²) in [5.74, 6) is 0. The summed E-state index contributed by atoms with van der Waals surface area (Å²) < 4.78 is 21.3. The van der Waals surface area contributed by atoms with Gasteiger partial charge in [-0.25, -0.2) is 0 Å². The molecule has 0 heterocycles. The van der Waals surface area contributed by atoms with E-state index in [1.165, 1.54) is 0 Å². The van der Waals surface area contributed by atoms with E-state index in [2.05, 4.69) is 6.92 Å². The van der Waals surface area contributed by atoms with Gasteiger partial charge in [-0.3, -0.25) is 0 Å². The highest BCUT2D eigenvalue weighted by Crippen LogP contribution is 1.90. The van der Waals surface area contributed by atoms with Crippen molar-refractivity contribution in [2.45, 2.75) is 39.2 Å². The van der Waals surface area contributed by atoms with Crippen molar-refractivity contribution in [2.75, 3.05) is 52.9 Å². The molecule has 0 aliphatic rings. The van der Waals surface area contributed by atoms with Crippen molar-refractivity contribution in [3.8, 4) is 0 Å². The molecule has 0 amide bonds. The van der Waals surface area contributed by atoms with E-state index in [0.717, 1.165) is 19.4 Å². The molecular formula is C14H30O5. The summed E-state index contributed by atoms with van der Waals surface area (Å²) in [6.07, 6.45) is 2.64. The second-order valence-corrected chi connectivity index (χ2v) is 4.44. The van der Waals surface area contributed by atoms with Crippen molar-refractivity contribution < 1.29 is 24.1 Å². The van der Waals surface area contributed by atoms with Crippen molar-refractivity contribution in [1.29, 1.82) is 0 Å². The molecule has 0 saturated carbocycles. The number of aliphatic hydroxyl groups excluding tert-OH is 1. The third kappa shape index (κ3) is 17.8. The highest BCUT2D eigenvalue weighted by molar-refractivity contribution is 4.44. The molecule has 0 aromatic heterocycles. The topological polar surface area (TPSA) is 57.2 Å². The van der Waals surface area contributed by atoms with Crippen LogP contribution in [0.5, 0.6) is 0 Å². The van der Waals surface area contributed by atoms with Crippen LogP contribution in [-0.2, 0) is 18.9 Å². The number of hydrogen-bond acceptors (Lipinski definition) is 5. The number of hydrogen-bond donors (Lipinski definition) is 1. The van der Waals surface area contributed by atoms with Crippen LogP contribution in [-0.4, -0.2) is 64.1 Å². The number of rotatable bonds is 15. The second kappa shape index (κ2) is 15.9. The monoisotopic (exact) mass is 278 g/mol. The minimum absolute atomic E-state index is 0.297. The van der Waals surface area contributed by atoms with Gasteiger partial charge in [-0.15, -0.1) is 0 Å². The molecule has 116 valence electrons. The van der Waals surface area contributed by atoms with Crippen molar-refractivity contribution in [1.82, 2.24) is 0 Å². The summed E-state index contributed by atoms with van der Waals surface area (Å²) in [7, 11) is 0. The van der Waals surface area contributed by atoms with Crippen LogP contribution in [0.25, 0.3) is 0 Å². The molecule has 0 rings (SSSR count). The predicted molar refractivity (Wildman–Crippen MR) is 74.5 cm³/mol. The van der Waals surface area contributed by atoms with Gasteiger partial charge < -0.3 is 24.1 Å². The lowest BCUT2D eigenvalue weighted by Crippen LogP contribution is -2.13. The van der Waals surface area contributed by atoms with Crippen molar-refractivity contribution in [3.05, 3.63) is 0 Å². The van der Waals surface area contributed by atoms with Gasteiger partial charge in [-0.2, -0.15) is 0 Å². The van der Waals surface area contributed by atoms with Crippen LogP contribution in [0.3, 0.4) is 0 Å². The Balaban J connectivity index is 2.91. The SMILES string of the molecule is CCCCOCCOCCOCCOCCC(C)O. The molecule has 0 aromatic rings. The van der Waals surface area contributed by atoms with Gasteiger partial charge in [0.05, 0.1) is 45.7 Å². The van der Waals surface area contributed by atoms with Gasteiger partial charge in [-0.1, -0.05) is 13.3 Å². The molecule has 0 aromatic carbocycles. The predicted octanol–water partition coefficient (Wildman–Crippen LogP) is 1.62. The first-order chi connectivity index (χ1) is 9.27. The van der Waals surface area contributed by atoms with E-state index in [1.54, 1.807) is 6.92 Å². The smallest absolute Gasteiger partial charge is 0.0701 e. The summed E-state index contributed by atoms with van der Waals surface area (Å²) in [4.78, 5) is 0. The van der Waals surface area contributed by atoms with Crippen LogP contribution in [0.2, 0.25) is 0 Å². The van der Waals surface area contributed by atoms with Crippen molar-refractivity contribution >= 4 is 0 Å². The van der Waals surface area contributed by atoms with Crippen LogP contribution in [0, 0.1) is 0 Å². The Hall–Kier alpha value is -0.200. The summed E-state index contributed by atoms with van der Waals surface area (Å²) in [6, 6.07) is 0. The minimum atomic E-state index is -0.297. The Morgan fingerprint density at radius 3 is 1.58 bits per heavy atom. The molecule has 0 aliphatic carbocycles. The third-order valence-corrected chi connectivity index (χ3v) is 2.44. The van der Waals surface area contributed by atoms with Gasteiger partial charge >= 0.3 is 0 Å². The molecule has 0 aliphatic heterocycles. The molecule has 5 heteroatoms. The number of aliphatic hydroxyl groups is 1. The standard InChI is InChI=1S/C14H30O5/c1-3-4-6-16-8-10-18-12-13-19-11-9-17-7-5-14(2)15/h14-15H,3-13H2,1-2H3. The first-order valence-electron chi connectivity index (χ1n) is 7.26. The largest absolute Gasteiger partial charge is 0.393 e. The Labute approximate surface area is 117 Å². The van der Waals surface area contributed by atoms with Gasteiger partial charge in [0.15, 0.2) is 0 Å². The van der Waals surface area contributed by atoms with E-state index in [9.17, 15) is 0 Å². The molecule has 1 unspecified atom stereocenters. The van der Waals surface area contributed by atoms with E-state index in [4.69, 9.17) is 24.1 Å². The minimum Gasteiger partial charge on any atom is -0.393 e. The summed E-state index contributed by atoms with van der Waals surface area (Å²) in [5.41, 5.74) is 0. The zero-order valence-corrected chi connectivity index (χ0v) is 12.4. The van der Waals surface area contributed by atoms with Gasteiger partial charge in [0.25, 0.3) is 0 Å². The summed E-state index contributed by atoms with van der Waals surface area (Å²) in [6.45, 7) is 8.87. The first-order valence-corrected chi connectivity index (χ1v) is 7.26. The highest BCUT2D eigenvalue weighted by atomic mass is 16.6. The summed E-state index contributed by atoms with van der Waals surface area (Å²) >= 11 is 0. The average molecular weight is 278 g/mol.